The summed E-state index contributed by atoms with van der Waals surface area (Å²) in [7, 11) is 1.91. The standard InChI is InChI=1S/C27H36N2O2/c1-29(25(22-17-18-28-20-22)19-21-11-5-2-6-12-21)26(30)27(31,23-13-7-3-8-14-23)24-15-9-4-10-16-24/h2-3,5-8,11-14,22,24-25,28,31H,4,9-10,15-20H2,1H3. The lowest BCUT2D eigenvalue weighted by Crippen LogP contribution is -2.55. The first-order valence-corrected chi connectivity index (χ1v) is 11.9. The molecule has 4 rings (SSSR count). The number of nitrogens with one attached hydrogen (secondary N) is 1. The first kappa shape index (κ1) is 22.0. The van der Waals surface area contributed by atoms with E-state index in [2.05, 4.69) is 29.6 Å². The lowest BCUT2D eigenvalue weighted by atomic mass is 9.72. The van der Waals surface area contributed by atoms with E-state index in [0.29, 0.717) is 5.92 Å². The molecule has 1 heterocycles. The highest BCUT2D eigenvalue weighted by molar-refractivity contribution is 5.87. The minimum Gasteiger partial charge on any atom is -0.375 e. The molecule has 0 radical (unpaired) electrons. The number of hydrogen-bond donors (Lipinski definition) is 2. The van der Waals surface area contributed by atoms with Crippen molar-refractivity contribution in [2.75, 3.05) is 20.1 Å². The van der Waals surface area contributed by atoms with Gasteiger partial charge in [0.25, 0.3) is 5.91 Å². The van der Waals surface area contributed by atoms with Crippen molar-refractivity contribution in [1.82, 2.24) is 10.2 Å². The average Bonchev–Trinajstić information content (AvgIpc) is 3.37. The third-order valence-corrected chi connectivity index (χ3v) is 7.48. The SMILES string of the molecule is CN(C(=O)C(O)(c1ccccc1)C1CCCCC1)C(Cc1ccccc1)C1CCNC1. The van der Waals surface area contributed by atoms with Gasteiger partial charge in [-0.05, 0) is 55.8 Å². The van der Waals surface area contributed by atoms with Crippen LogP contribution in [0, 0.1) is 11.8 Å². The molecule has 2 fully saturated rings. The molecule has 1 aliphatic heterocycles. The van der Waals surface area contributed by atoms with Gasteiger partial charge in [-0.2, -0.15) is 0 Å². The fourth-order valence-corrected chi connectivity index (χ4v) is 5.65. The number of aliphatic hydroxyl groups is 1. The third-order valence-electron chi connectivity index (χ3n) is 7.48. The van der Waals surface area contributed by atoms with E-state index in [1.807, 2.05) is 48.3 Å². The Kier molecular flexibility index (Phi) is 7.09. The second kappa shape index (κ2) is 9.97. The molecule has 1 saturated heterocycles. The Morgan fingerprint density at radius 3 is 2.29 bits per heavy atom. The van der Waals surface area contributed by atoms with E-state index in [1.54, 1.807) is 0 Å². The fourth-order valence-electron chi connectivity index (χ4n) is 5.65. The van der Waals surface area contributed by atoms with Gasteiger partial charge in [0.05, 0.1) is 0 Å². The highest BCUT2D eigenvalue weighted by Gasteiger charge is 2.48. The Balaban J connectivity index is 1.66. The van der Waals surface area contributed by atoms with Crippen molar-refractivity contribution in [2.24, 2.45) is 11.8 Å². The Morgan fingerprint density at radius 1 is 1.03 bits per heavy atom. The second-order valence-electron chi connectivity index (χ2n) is 9.39. The summed E-state index contributed by atoms with van der Waals surface area (Å²) in [4.78, 5) is 16.0. The fraction of sp³-hybridized carbons (Fsp3) is 0.519. The zero-order chi connectivity index (χ0) is 21.7. The first-order chi connectivity index (χ1) is 15.1. The normalized spacial score (nSPS) is 22.6. The zero-order valence-electron chi connectivity index (χ0n) is 18.7. The summed E-state index contributed by atoms with van der Waals surface area (Å²) < 4.78 is 0. The van der Waals surface area contributed by atoms with Crippen LogP contribution in [0.25, 0.3) is 0 Å². The number of carbonyl (C=O) groups is 1. The molecule has 1 saturated carbocycles. The highest BCUT2D eigenvalue weighted by Crippen LogP contribution is 2.41. The lowest BCUT2D eigenvalue weighted by Gasteiger charge is -2.43. The average molecular weight is 421 g/mol. The minimum absolute atomic E-state index is 0.0299. The molecule has 2 aromatic rings. The van der Waals surface area contributed by atoms with Gasteiger partial charge in [-0.15, -0.1) is 0 Å². The van der Waals surface area contributed by atoms with Crippen LogP contribution < -0.4 is 5.32 Å². The Hall–Kier alpha value is -2.17. The quantitative estimate of drug-likeness (QED) is 0.708. The van der Waals surface area contributed by atoms with E-state index in [0.717, 1.165) is 57.2 Å². The summed E-state index contributed by atoms with van der Waals surface area (Å²) in [6, 6.07) is 20.1. The summed E-state index contributed by atoms with van der Waals surface area (Å²) in [5, 5.41) is 15.6. The smallest absolute Gasteiger partial charge is 0.259 e. The van der Waals surface area contributed by atoms with Gasteiger partial charge < -0.3 is 15.3 Å². The van der Waals surface area contributed by atoms with E-state index >= 15 is 0 Å². The van der Waals surface area contributed by atoms with Gasteiger partial charge in [0.2, 0.25) is 0 Å². The van der Waals surface area contributed by atoms with Crippen molar-refractivity contribution in [1.29, 1.82) is 0 Å². The van der Waals surface area contributed by atoms with E-state index in [-0.39, 0.29) is 17.9 Å². The molecular formula is C27H36N2O2. The van der Waals surface area contributed by atoms with Crippen LogP contribution in [-0.4, -0.2) is 42.1 Å². The number of carbonyl (C=O) groups excluding carboxylic acids is 1. The van der Waals surface area contributed by atoms with Crippen LogP contribution in [0.5, 0.6) is 0 Å². The monoisotopic (exact) mass is 420 g/mol. The molecule has 0 spiro atoms. The maximum Gasteiger partial charge on any atom is 0.259 e. The van der Waals surface area contributed by atoms with Gasteiger partial charge in [-0.25, -0.2) is 0 Å². The molecule has 1 aliphatic carbocycles. The number of rotatable bonds is 7. The second-order valence-corrected chi connectivity index (χ2v) is 9.39. The topological polar surface area (TPSA) is 52.6 Å². The van der Waals surface area contributed by atoms with Crippen molar-refractivity contribution in [3.63, 3.8) is 0 Å². The van der Waals surface area contributed by atoms with Crippen molar-refractivity contribution in [3.05, 3.63) is 71.8 Å². The van der Waals surface area contributed by atoms with Gasteiger partial charge in [-0.3, -0.25) is 4.79 Å². The largest absolute Gasteiger partial charge is 0.375 e. The maximum absolute atomic E-state index is 14.1. The van der Waals surface area contributed by atoms with Crippen LogP contribution in [-0.2, 0) is 16.8 Å². The van der Waals surface area contributed by atoms with Crippen molar-refractivity contribution >= 4 is 5.91 Å². The third kappa shape index (κ3) is 4.70. The van der Waals surface area contributed by atoms with Crippen molar-refractivity contribution in [2.45, 2.75) is 56.6 Å². The predicted molar refractivity (Wildman–Crippen MR) is 125 cm³/mol. The summed E-state index contributed by atoms with van der Waals surface area (Å²) in [6.45, 7) is 1.91. The summed E-state index contributed by atoms with van der Waals surface area (Å²) in [5.41, 5.74) is 0.513. The summed E-state index contributed by atoms with van der Waals surface area (Å²) in [6.07, 6.45) is 7.02. The number of nitrogens with zero attached hydrogens (tertiary/aromatic N) is 1. The Labute approximate surface area is 186 Å². The molecule has 2 N–H and O–H groups in total. The maximum atomic E-state index is 14.1. The van der Waals surface area contributed by atoms with Gasteiger partial charge in [0, 0.05) is 19.0 Å². The molecule has 4 nitrogen and oxygen atoms in total. The molecule has 2 aromatic carbocycles. The van der Waals surface area contributed by atoms with Gasteiger partial charge in [0.15, 0.2) is 5.60 Å². The molecule has 0 bridgehead atoms. The van der Waals surface area contributed by atoms with E-state index in [4.69, 9.17) is 0 Å². The van der Waals surface area contributed by atoms with Crippen LogP contribution in [0.3, 0.4) is 0 Å². The lowest BCUT2D eigenvalue weighted by molar-refractivity contribution is -0.163. The Bertz CT molecular complexity index is 829. The highest BCUT2D eigenvalue weighted by atomic mass is 16.3. The van der Waals surface area contributed by atoms with Crippen LogP contribution in [0.1, 0.15) is 49.7 Å². The van der Waals surface area contributed by atoms with Crippen molar-refractivity contribution < 1.29 is 9.90 Å². The predicted octanol–water partition coefficient (Wildman–Crippen LogP) is 4.13. The van der Waals surface area contributed by atoms with Gasteiger partial charge >= 0.3 is 0 Å². The van der Waals surface area contributed by atoms with Crippen LogP contribution in [0.4, 0.5) is 0 Å². The van der Waals surface area contributed by atoms with Crippen molar-refractivity contribution in [3.8, 4) is 0 Å². The van der Waals surface area contributed by atoms with E-state index in [1.165, 1.54) is 12.0 Å². The van der Waals surface area contributed by atoms with E-state index < -0.39 is 5.60 Å². The summed E-state index contributed by atoms with van der Waals surface area (Å²) >= 11 is 0. The van der Waals surface area contributed by atoms with Crippen LogP contribution >= 0.6 is 0 Å². The van der Waals surface area contributed by atoms with Gasteiger partial charge in [-0.1, -0.05) is 79.9 Å². The number of amides is 1. The van der Waals surface area contributed by atoms with Crippen LogP contribution in [0.2, 0.25) is 0 Å². The molecule has 0 aromatic heterocycles. The molecule has 166 valence electrons. The molecule has 4 heteroatoms. The summed E-state index contributed by atoms with van der Waals surface area (Å²) in [5.74, 6) is 0.219. The van der Waals surface area contributed by atoms with E-state index in [9.17, 15) is 9.90 Å². The number of hydrogen-bond acceptors (Lipinski definition) is 3. The van der Waals surface area contributed by atoms with Gasteiger partial charge in [0.1, 0.15) is 0 Å². The molecule has 2 aliphatic rings. The minimum atomic E-state index is -1.46. The molecular weight excluding hydrogens is 384 g/mol. The number of likely N-dealkylation sites (N-methyl/N-ethyl adjacent to an activating group) is 1. The molecule has 3 unspecified atom stereocenters. The Morgan fingerprint density at radius 2 is 1.68 bits per heavy atom. The zero-order valence-corrected chi connectivity index (χ0v) is 18.7. The van der Waals surface area contributed by atoms with Crippen LogP contribution in [0.15, 0.2) is 60.7 Å². The first-order valence-electron chi connectivity index (χ1n) is 11.9. The number of benzene rings is 2. The molecule has 3 atom stereocenters. The molecule has 31 heavy (non-hydrogen) atoms. The molecule has 1 amide bonds.